The lowest BCUT2D eigenvalue weighted by molar-refractivity contribution is -0.200. The van der Waals surface area contributed by atoms with E-state index < -0.39 is 0 Å². The van der Waals surface area contributed by atoms with Gasteiger partial charge < -0.3 is 9.26 Å². The number of carbonyl (C=O) groups excluding carboxylic acids is 1. The van der Waals surface area contributed by atoms with E-state index in [0.29, 0.717) is 30.2 Å². The number of nitrogens with one attached hydrogen (secondary N) is 1. The third kappa shape index (κ3) is 3.34. The molecule has 0 aromatic carbocycles. The van der Waals surface area contributed by atoms with E-state index in [1.807, 2.05) is 0 Å². The molecular weight excluding hydrogens is 262 g/mol. The van der Waals surface area contributed by atoms with Gasteiger partial charge in [-0.1, -0.05) is 12.1 Å². The normalized spacial score (nSPS) is 29.1. The minimum absolute atomic E-state index is 0.0286. The van der Waals surface area contributed by atoms with Crippen LogP contribution in [0.3, 0.4) is 0 Å². The average Bonchev–Trinajstić information content (AvgIpc) is 3.01. The number of hydrogen-bond acceptors (Lipinski definition) is 6. The molecular formula is C13H19N3O4. The van der Waals surface area contributed by atoms with Crippen LogP contribution in [0.2, 0.25) is 0 Å². The molecule has 2 heterocycles. The van der Waals surface area contributed by atoms with E-state index in [1.165, 1.54) is 0 Å². The summed E-state index contributed by atoms with van der Waals surface area (Å²) in [5.74, 6) is 1.73. The molecule has 3 rings (SSSR count). The van der Waals surface area contributed by atoms with Gasteiger partial charge in [0.1, 0.15) is 6.42 Å². The van der Waals surface area contributed by atoms with Gasteiger partial charge in [-0.05, 0) is 25.2 Å². The Morgan fingerprint density at radius 3 is 3.05 bits per heavy atom. The number of aromatic nitrogens is 2. The van der Waals surface area contributed by atoms with Gasteiger partial charge >= 0.3 is 0 Å². The Hall–Kier alpha value is -1.47. The number of rotatable bonds is 5. The molecule has 7 heteroatoms. The fourth-order valence-electron chi connectivity index (χ4n) is 2.28. The molecule has 1 amide bonds. The van der Waals surface area contributed by atoms with Crippen molar-refractivity contribution >= 4 is 5.91 Å². The van der Waals surface area contributed by atoms with Crippen LogP contribution in [0.5, 0.6) is 0 Å². The number of hydrogen-bond donors (Lipinski definition) is 1. The Balaban J connectivity index is 1.42. The highest BCUT2D eigenvalue weighted by Crippen LogP contribution is 2.45. The van der Waals surface area contributed by atoms with Crippen molar-refractivity contribution in [2.75, 3.05) is 6.61 Å². The van der Waals surface area contributed by atoms with Crippen molar-refractivity contribution in [1.29, 1.82) is 0 Å². The van der Waals surface area contributed by atoms with Crippen LogP contribution in [0, 0.1) is 5.92 Å². The summed E-state index contributed by atoms with van der Waals surface area (Å²) in [4.78, 5) is 21.1. The van der Waals surface area contributed by atoms with Crippen LogP contribution in [0.1, 0.15) is 50.2 Å². The summed E-state index contributed by atoms with van der Waals surface area (Å²) in [5, 5.41) is 3.90. The minimum atomic E-state index is -0.349. The second-order valence-electron chi connectivity index (χ2n) is 5.48. The lowest BCUT2D eigenvalue weighted by atomic mass is 10.2. The van der Waals surface area contributed by atoms with Crippen molar-refractivity contribution in [1.82, 2.24) is 15.6 Å². The molecule has 20 heavy (non-hydrogen) atoms. The van der Waals surface area contributed by atoms with E-state index in [-0.39, 0.29) is 18.6 Å². The first-order valence-corrected chi connectivity index (χ1v) is 7.11. The SMILES string of the molecule is CC1CC1c1noc(CC(=O)NOC2CCCCO2)n1. The van der Waals surface area contributed by atoms with Gasteiger partial charge in [0.05, 0.1) is 0 Å². The van der Waals surface area contributed by atoms with Crippen LogP contribution in [0.15, 0.2) is 4.52 Å². The Bertz CT molecular complexity index is 470. The lowest BCUT2D eigenvalue weighted by Gasteiger charge is -2.21. The van der Waals surface area contributed by atoms with Gasteiger partial charge in [0.15, 0.2) is 12.1 Å². The summed E-state index contributed by atoms with van der Waals surface area (Å²) in [5.41, 5.74) is 2.37. The van der Waals surface area contributed by atoms with E-state index in [9.17, 15) is 4.79 Å². The van der Waals surface area contributed by atoms with Crippen LogP contribution in [0.4, 0.5) is 0 Å². The maximum Gasteiger partial charge on any atom is 0.253 e. The molecule has 1 aliphatic carbocycles. The molecule has 1 aromatic heterocycles. The van der Waals surface area contributed by atoms with Gasteiger partial charge in [-0.3, -0.25) is 4.79 Å². The van der Waals surface area contributed by atoms with E-state index in [4.69, 9.17) is 14.1 Å². The van der Waals surface area contributed by atoms with Crippen LogP contribution < -0.4 is 5.48 Å². The smallest absolute Gasteiger partial charge is 0.253 e. The molecule has 7 nitrogen and oxygen atoms in total. The zero-order valence-corrected chi connectivity index (χ0v) is 11.5. The van der Waals surface area contributed by atoms with E-state index >= 15 is 0 Å². The highest BCUT2D eigenvalue weighted by Gasteiger charge is 2.38. The highest BCUT2D eigenvalue weighted by atomic mass is 16.8. The molecule has 1 aromatic rings. The van der Waals surface area contributed by atoms with E-state index in [1.54, 1.807) is 0 Å². The van der Waals surface area contributed by atoms with Gasteiger partial charge in [-0.15, -0.1) is 0 Å². The Morgan fingerprint density at radius 1 is 1.50 bits per heavy atom. The summed E-state index contributed by atoms with van der Waals surface area (Å²) in [7, 11) is 0. The molecule has 3 unspecified atom stereocenters. The molecule has 2 aliphatic rings. The zero-order valence-electron chi connectivity index (χ0n) is 11.5. The first-order chi connectivity index (χ1) is 9.72. The second kappa shape index (κ2) is 5.88. The van der Waals surface area contributed by atoms with Gasteiger partial charge in [0.25, 0.3) is 5.91 Å². The van der Waals surface area contributed by atoms with Crippen molar-refractivity contribution in [3.8, 4) is 0 Å². The first-order valence-electron chi connectivity index (χ1n) is 7.11. The fraction of sp³-hybridized carbons (Fsp3) is 0.769. The predicted octanol–water partition coefficient (Wildman–Crippen LogP) is 1.31. The molecule has 0 bridgehead atoms. The molecule has 110 valence electrons. The van der Waals surface area contributed by atoms with Crippen LogP contribution >= 0.6 is 0 Å². The van der Waals surface area contributed by atoms with Gasteiger partial charge in [-0.25, -0.2) is 10.3 Å². The summed E-state index contributed by atoms with van der Waals surface area (Å²) in [6.45, 7) is 2.82. The number of ether oxygens (including phenoxy) is 1. The Labute approximate surface area is 117 Å². The Kier molecular flexibility index (Phi) is 3.98. The molecule has 1 N–H and O–H groups in total. The molecule has 3 atom stereocenters. The standard InChI is InChI=1S/C13H19N3O4/c1-8-6-9(8)13-14-11(19-16-13)7-10(17)15-20-12-4-2-3-5-18-12/h8-9,12H,2-7H2,1H3,(H,15,17). The molecule has 0 radical (unpaired) electrons. The van der Waals surface area contributed by atoms with Crippen molar-refractivity contribution < 1.29 is 18.9 Å². The highest BCUT2D eigenvalue weighted by molar-refractivity contribution is 5.76. The van der Waals surface area contributed by atoms with Crippen molar-refractivity contribution in [3.05, 3.63) is 11.7 Å². The maximum absolute atomic E-state index is 11.7. The van der Waals surface area contributed by atoms with Crippen molar-refractivity contribution in [3.63, 3.8) is 0 Å². The molecule has 0 spiro atoms. The third-order valence-electron chi connectivity index (χ3n) is 3.68. The summed E-state index contributed by atoms with van der Waals surface area (Å²) < 4.78 is 10.4. The maximum atomic E-state index is 11.7. The van der Waals surface area contributed by atoms with Crippen molar-refractivity contribution in [2.24, 2.45) is 5.92 Å². The summed E-state index contributed by atoms with van der Waals surface area (Å²) >= 11 is 0. The number of hydroxylamine groups is 1. The minimum Gasteiger partial charge on any atom is -0.350 e. The zero-order chi connectivity index (χ0) is 13.9. The lowest BCUT2D eigenvalue weighted by Crippen LogP contribution is -2.33. The van der Waals surface area contributed by atoms with Crippen LogP contribution in [-0.4, -0.2) is 28.9 Å². The first kappa shape index (κ1) is 13.5. The topological polar surface area (TPSA) is 86.5 Å². The third-order valence-corrected chi connectivity index (χ3v) is 3.68. The largest absolute Gasteiger partial charge is 0.350 e. The Morgan fingerprint density at radius 2 is 2.35 bits per heavy atom. The van der Waals surface area contributed by atoms with Gasteiger partial charge in [0, 0.05) is 18.9 Å². The molecule has 1 aliphatic heterocycles. The van der Waals surface area contributed by atoms with Crippen molar-refractivity contribution in [2.45, 2.75) is 51.2 Å². The van der Waals surface area contributed by atoms with Crippen LogP contribution in [0.25, 0.3) is 0 Å². The second-order valence-corrected chi connectivity index (χ2v) is 5.48. The molecule has 1 saturated carbocycles. The fourth-order valence-corrected chi connectivity index (χ4v) is 2.28. The monoisotopic (exact) mass is 281 g/mol. The summed E-state index contributed by atoms with van der Waals surface area (Å²) in [6.07, 6.45) is 3.66. The molecule has 1 saturated heterocycles. The number of carbonyl (C=O) groups is 1. The quantitative estimate of drug-likeness (QED) is 0.819. The van der Waals surface area contributed by atoms with Gasteiger partial charge in [0.2, 0.25) is 5.89 Å². The van der Waals surface area contributed by atoms with E-state index in [0.717, 1.165) is 25.7 Å². The number of amides is 1. The van der Waals surface area contributed by atoms with Gasteiger partial charge in [-0.2, -0.15) is 4.98 Å². The molecule has 2 fully saturated rings. The van der Waals surface area contributed by atoms with E-state index in [2.05, 4.69) is 22.5 Å². The van der Waals surface area contributed by atoms with Crippen LogP contribution in [-0.2, 0) is 20.8 Å². The summed E-state index contributed by atoms with van der Waals surface area (Å²) in [6, 6.07) is 0. The number of nitrogens with zero attached hydrogens (tertiary/aromatic N) is 2. The predicted molar refractivity (Wildman–Crippen MR) is 67.3 cm³/mol. The average molecular weight is 281 g/mol.